The number of hydrogen-bond acceptors (Lipinski definition) is 5. The molecule has 160 valence electrons. The molecule has 1 aliphatic rings. The van der Waals surface area contributed by atoms with Gasteiger partial charge in [0.15, 0.2) is 5.82 Å². The first-order chi connectivity index (χ1) is 14.9. The van der Waals surface area contributed by atoms with E-state index in [1.54, 1.807) is 40.4 Å². The van der Waals surface area contributed by atoms with Gasteiger partial charge in [-0.3, -0.25) is 14.4 Å². The van der Waals surface area contributed by atoms with Crippen molar-refractivity contribution >= 4 is 34.3 Å². The first-order valence-corrected chi connectivity index (χ1v) is 10.2. The molecule has 1 aliphatic heterocycles. The number of aromatic amines is 1. The van der Waals surface area contributed by atoms with Crippen LogP contribution in [0.2, 0.25) is 0 Å². The lowest BCUT2D eigenvalue weighted by atomic mass is 10.1. The van der Waals surface area contributed by atoms with Crippen molar-refractivity contribution in [2.24, 2.45) is 0 Å². The van der Waals surface area contributed by atoms with Crippen LogP contribution in [0, 0.1) is 0 Å². The number of amides is 2. The third-order valence-corrected chi connectivity index (χ3v) is 5.64. The molecular formula is C23H25N5O3. The number of carbonyl (C=O) groups is 3. The Labute approximate surface area is 180 Å². The summed E-state index contributed by atoms with van der Waals surface area (Å²) in [7, 11) is 3.74. The third kappa shape index (κ3) is 3.76. The summed E-state index contributed by atoms with van der Waals surface area (Å²) in [6.45, 7) is 2.95. The summed E-state index contributed by atoms with van der Waals surface area (Å²) in [6, 6.07) is 10.6. The number of rotatable bonds is 4. The minimum Gasteiger partial charge on any atom is -0.361 e. The first-order valence-electron chi connectivity index (χ1n) is 10.2. The van der Waals surface area contributed by atoms with Crippen LogP contribution in [0.1, 0.15) is 27.6 Å². The maximum atomic E-state index is 13.1. The van der Waals surface area contributed by atoms with Crippen molar-refractivity contribution in [2.75, 3.05) is 38.6 Å². The van der Waals surface area contributed by atoms with E-state index < -0.39 is 11.7 Å². The van der Waals surface area contributed by atoms with Gasteiger partial charge in [-0.05, 0) is 25.1 Å². The van der Waals surface area contributed by atoms with E-state index in [1.165, 1.54) is 0 Å². The molecule has 0 spiro atoms. The van der Waals surface area contributed by atoms with Gasteiger partial charge in [-0.15, -0.1) is 0 Å². The van der Waals surface area contributed by atoms with Gasteiger partial charge in [0.05, 0.1) is 11.1 Å². The molecule has 1 aromatic carbocycles. The lowest BCUT2D eigenvalue weighted by molar-refractivity contribution is -0.130. The summed E-state index contributed by atoms with van der Waals surface area (Å²) in [6.07, 6.45) is 3.20. The highest BCUT2D eigenvalue weighted by Gasteiger charge is 2.34. The van der Waals surface area contributed by atoms with Crippen LogP contribution in [-0.4, -0.2) is 77.1 Å². The number of nitrogens with one attached hydrogen (secondary N) is 1. The predicted octanol–water partition coefficient (Wildman–Crippen LogP) is 2.18. The van der Waals surface area contributed by atoms with Gasteiger partial charge < -0.3 is 19.7 Å². The maximum Gasteiger partial charge on any atom is 0.295 e. The Kier molecular flexibility index (Phi) is 5.46. The monoisotopic (exact) mass is 419 g/mol. The van der Waals surface area contributed by atoms with Crippen LogP contribution < -0.4 is 4.90 Å². The Morgan fingerprint density at radius 3 is 2.52 bits per heavy atom. The largest absolute Gasteiger partial charge is 0.361 e. The second-order valence-electron chi connectivity index (χ2n) is 7.95. The van der Waals surface area contributed by atoms with E-state index in [0.717, 1.165) is 5.52 Å². The molecule has 0 bridgehead atoms. The van der Waals surface area contributed by atoms with Crippen molar-refractivity contribution in [3.8, 4) is 0 Å². The Hall–Kier alpha value is -3.68. The molecule has 1 saturated heterocycles. The number of aromatic nitrogens is 2. The molecule has 1 N–H and O–H groups in total. The first kappa shape index (κ1) is 20.6. The molecule has 0 radical (unpaired) electrons. The number of nitrogens with zero attached hydrogens (tertiary/aromatic N) is 4. The molecule has 4 rings (SSSR count). The lowest BCUT2D eigenvalue weighted by Gasteiger charge is -2.39. The minimum atomic E-state index is -0.558. The molecule has 1 atom stereocenters. The molecule has 1 unspecified atom stereocenters. The molecule has 8 nitrogen and oxygen atoms in total. The quantitative estimate of drug-likeness (QED) is 0.517. The average Bonchev–Trinajstić information content (AvgIpc) is 3.22. The number of fused-ring (bicyclic) bond motifs is 1. The molecule has 3 aromatic rings. The zero-order valence-corrected chi connectivity index (χ0v) is 17.8. The van der Waals surface area contributed by atoms with E-state index in [4.69, 9.17) is 0 Å². The Morgan fingerprint density at radius 1 is 1.10 bits per heavy atom. The van der Waals surface area contributed by atoms with Crippen LogP contribution in [0.25, 0.3) is 10.9 Å². The standard InChI is InChI=1S/C23H25N5O3/c1-15-14-27(22(30)16-7-5-4-6-8-16)11-12-28(15)23(31)20(29)18-13-25-19-17(18)9-10-24-21(19)26(2)3/h4-10,13,15,25H,11-12,14H2,1-3H3. The van der Waals surface area contributed by atoms with Crippen molar-refractivity contribution in [3.63, 3.8) is 0 Å². The molecule has 0 aliphatic carbocycles. The predicted molar refractivity (Wildman–Crippen MR) is 118 cm³/mol. The Morgan fingerprint density at radius 2 is 1.84 bits per heavy atom. The fourth-order valence-corrected chi connectivity index (χ4v) is 4.02. The third-order valence-electron chi connectivity index (χ3n) is 5.64. The van der Waals surface area contributed by atoms with E-state index in [0.29, 0.717) is 42.0 Å². The average molecular weight is 419 g/mol. The zero-order chi connectivity index (χ0) is 22.1. The van der Waals surface area contributed by atoms with Gasteiger partial charge in [0.2, 0.25) is 0 Å². The number of ketones is 1. The zero-order valence-electron chi connectivity index (χ0n) is 17.8. The van der Waals surface area contributed by atoms with Crippen LogP contribution in [0.15, 0.2) is 48.8 Å². The molecule has 2 aromatic heterocycles. The molecule has 3 heterocycles. The van der Waals surface area contributed by atoms with Crippen LogP contribution in [-0.2, 0) is 4.79 Å². The van der Waals surface area contributed by atoms with Crippen molar-refractivity contribution in [3.05, 3.63) is 59.9 Å². The van der Waals surface area contributed by atoms with E-state index in [2.05, 4.69) is 9.97 Å². The summed E-state index contributed by atoms with van der Waals surface area (Å²) in [4.78, 5) is 51.4. The lowest BCUT2D eigenvalue weighted by Crippen LogP contribution is -2.56. The number of pyridine rings is 1. The van der Waals surface area contributed by atoms with Gasteiger partial charge in [0.1, 0.15) is 0 Å². The van der Waals surface area contributed by atoms with E-state index >= 15 is 0 Å². The van der Waals surface area contributed by atoms with Crippen LogP contribution in [0.5, 0.6) is 0 Å². The van der Waals surface area contributed by atoms with Gasteiger partial charge in [0, 0.05) is 63.1 Å². The fourth-order valence-electron chi connectivity index (χ4n) is 4.02. The topological polar surface area (TPSA) is 89.6 Å². The van der Waals surface area contributed by atoms with Crippen LogP contribution in [0.3, 0.4) is 0 Å². The summed E-state index contributed by atoms with van der Waals surface area (Å²) in [5.74, 6) is -0.475. The summed E-state index contributed by atoms with van der Waals surface area (Å²) < 4.78 is 0. The highest BCUT2D eigenvalue weighted by Crippen LogP contribution is 2.26. The van der Waals surface area contributed by atoms with Crippen molar-refractivity contribution in [1.29, 1.82) is 0 Å². The number of anilines is 1. The molecule has 0 saturated carbocycles. The summed E-state index contributed by atoms with van der Waals surface area (Å²) >= 11 is 0. The highest BCUT2D eigenvalue weighted by atomic mass is 16.2. The molecular weight excluding hydrogens is 394 g/mol. The summed E-state index contributed by atoms with van der Waals surface area (Å²) in [5, 5.41) is 0.669. The number of benzene rings is 1. The van der Waals surface area contributed by atoms with Gasteiger partial charge in [0.25, 0.3) is 17.6 Å². The van der Waals surface area contributed by atoms with Gasteiger partial charge in [-0.1, -0.05) is 18.2 Å². The van der Waals surface area contributed by atoms with Crippen molar-refractivity contribution < 1.29 is 14.4 Å². The van der Waals surface area contributed by atoms with E-state index in [1.807, 2.05) is 44.1 Å². The second-order valence-corrected chi connectivity index (χ2v) is 7.95. The van der Waals surface area contributed by atoms with Gasteiger partial charge >= 0.3 is 0 Å². The Bertz CT molecular complexity index is 1140. The van der Waals surface area contributed by atoms with Crippen molar-refractivity contribution in [2.45, 2.75) is 13.0 Å². The minimum absolute atomic E-state index is 0.0637. The van der Waals surface area contributed by atoms with Crippen molar-refractivity contribution in [1.82, 2.24) is 19.8 Å². The molecule has 1 fully saturated rings. The number of hydrogen-bond donors (Lipinski definition) is 1. The van der Waals surface area contributed by atoms with Gasteiger partial charge in [-0.2, -0.15) is 0 Å². The van der Waals surface area contributed by atoms with Gasteiger partial charge in [-0.25, -0.2) is 4.98 Å². The number of piperazine rings is 1. The maximum absolute atomic E-state index is 13.1. The molecule has 2 amide bonds. The van der Waals surface area contributed by atoms with Crippen LogP contribution in [0.4, 0.5) is 5.82 Å². The number of Topliss-reactive ketones (excluding diaryl/α,β-unsaturated/α-hetero) is 1. The number of carbonyl (C=O) groups excluding carboxylic acids is 3. The molecule has 8 heteroatoms. The van der Waals surface area contributed by atoms with E-state index in [-0.39, 0.29) is 11.9 Å². The fraction of sp³-hybridized carbons (Fsp3) is 0.304. The van der Waals surface area contributed by atoms with Crippen LogP contribution >= 0.6 is 0 Å². The summed E-state index contributed by atoms with van der Waals surface area (Å²) in [5.41, 5.74) is 1.67. The smallest absolute Gasteiger partial charge is 0.295 e. The van der Waals surface area contributed by atoms with E-state index in [9.17, 15) is 14.4 Å². The molecule has 31 heavy (non-hydrogen) atoms. The second kappa shape index (κ2) is 8.22. The number of H-pyrrole nitrogens is 1. The SMILES string of the molecule is CC1CN(C(=O)c2ccccc2)CCN1C(=O)C(=O)c1c[nH]c2c(N(C)C)nccc12. The normalized spacial score (nSPS) is 16.4. The highest BCUT2D eigenvalue weighted by molar-refractivity contribution is 6.45. The Balaban J connectivity index is 1.50.